The number of aryl methyl sites for hydroxylation is 2. The van der Waals surface area contributed by atoms with Crippen LogP contribution in [0.5, 0.6) is 5.75 Å². The number of para-hydroxylation sites is 1. The van der Waals surface area contributed by atoms with Crippen molar-refractivity contribution in [3.63, 3.8) is 0 Å². The van der Waals surface area contributed by atoms with Crippen LogP contribution in [0, 0.1) is 13.8 Å². The molecule has 0 N–H and O–H groups in total. The third kappa shape index (κ3) is 3.48. The van der Waals surface area contributed by atoms with Crippen LogP contribution >= 0.6 is 11.3 Å². The molecule has 2 aromatic carbocycles. The standard InChI is InChI=1S/C21H22N2O2S/c1-5-12-23-19-17(25-6-2)8-7-9-18(19)26-21(23)22-20(24)16-11-10-14(3)13-15(16)4/h5,7-11,13H,1,6,12H2,2-4H3. The molecule has 1 heterocycles. The van der Waals surface area contributed by atoms with Crippen LogP contribution in [-0.4, -0.2) is 17.1 Å². The van der Waals surface area contributed by atoms with Gasteiger partial charge in [-0.05, 0) is 44.5 Å². The Morgan fingerprint density at radius 3 is 2.81 bits per heavy atom. The largest absolute Gasteiger partial charge is 0.492 e. The summed E-state index contributed by atoms with van der Waals surface area (Å²) in [5.74, 6) is 0.563. The summed E-state index contributed by atoms with van der Waals surface area (Å²) >= 11 is 1.48. The van der Waals surface area contributed by atoms with E-state index < -0.39 is 0 Å². The molecule has 0 unspecified atom stereocenters. The number of carbonyl (C=O) groups excluding carboxylic acids is 1. The molecule has 3 aromatic rings. The molecule has 0 aliphatic heterocycles. The zero-order valence-corrected chi connectivity index (χ0v) is 16.1. The minimum Gasteiger partial charge on any atom is -0.492 e. The third-order valence-electron chi connectivity index (χ3n) is 4.09. The summed E-state index contributed by atoms with van der Waals surface area (Å²) in [5.41, 5.74) is 3.64. The average Bonchev–Trinajstić information content (AvgIpc) is 2.94. The highest BCUT2D eigenvalue weighted by Gasteiger charge is 2.13. The van der Waals surface area contributed by atoms with E-state index in [1.807, 2.05) is 61.7 Å². The van der Waals surface area contributed by atoms with Gasteiger partial charge in [0, 0.05) is 12.1 Å². The van der Waals surface area contributed by atoms with E-state index in [9.17, 15) is 4.79 Å². The molecule has 0 atom stereocenters. The Balaban J connectivity index is 2.18. The van der Waals surface area contributed by atoms with Crippen LogP contribution < -0.4 is 9.54 Å². The van der Waals surface area contributed by atoms with Crippen LogP contribution in [0.1, 0.15) is 28.4 Å². The third-order valence-corrected chi connectivity index (χ3v) is 5.13. The van der Waals surface area contributed by atoms with E-state index in [1.165, 1.54) is 11.3 Å². The van der Waals surface area contributed by atoms with Crippen LogP contribution in [0.4, 0.5) is 0 Å². The molecule has 0 saturated heterocycles. The molecule has 0 bridgehead atoms. The van der Waals surface area contributed by atoms with Crippen molar-refractivity contribution >= 4 is 27.5 Å². The van der Waals surface area contributed by atoms with Gasteiger partial charge in [-0.2, -0.15) is 4.99 Å². The summed E-state index contributed by atoms with van der Waals surface area (Å²) in [7, 11) is 0. The van der Waals surface area contributed by atoms with Gasteiger partial charge < -0.3 is 9.30 Å². The maximum atomic E-state index is 12.8. The van der Waals surface area contributed by atoms with Gasteiger partial charge in [0.1, 0.15) is 11.3 Å². The Hall–Kier alpha value is -2.66. The Morgan fingerprint density at radius 1 is 1.31 bits per heavy atom. The van der Waals surface area contributed by atoms with Gasteiger partial charge in [0.15, 0.2) is 4.80 Å². The molecule has 0 spiro atoms. The van der Waals surface area contributed by atoms with Crippen molar-refractivity contribution in [1.29, 1.82) is 0 Å². The second-order valence-electron chi connectivity index (χ2n) is 6.06. The van der Waals surface area contributed by atoms with Crippen molar-refractivity contribution in [2.45, 2.75) is 27.3 Å². The van der Waals surface area contributed by atoms with E-state index in [0.29, 0.717) is 23.5 Å². The first-order valence-electron chi connectivity index (χ1n) is 8.57. The fourth-order valence-corrected chi connectivity index (χ4v) is 4.01. The van der Waals surface area contributed by atoms with E-state index >= 15 is 0 Å². The van der Waals surface area contributed by atoms with E-state index in [4.69, 9.17) is 4.74 Å². The van der Waals surface area contributed by atoms with Crippen molar-refractivity contribution in [1.82, 2.24) is 4.57 Å². The minimum atomic E-state index is -0.232. The van der Waals surface area contributed by atoms with Gasteiger partial charge >= 0.3 is 0 Å². The second-order valence-corrected chi connectivity index (χ2v) is 7.06. The molecule has 0 aliphatic rings. The first-order valence-corrected chi connectivity index (χ1v) is 9.39. The lowest BCUT2D eigenvalue weighted by Crippen LogP contribution is -2.17. The number of rotatable bonds is 5. The number of thiazole rings is 1. The molecule has 4 nitrogen and oxygen atoms in total. The molecule has 1 aromatic heterocycles. The lowest BCUT2D eigenvalue weighted by molar-refractivity contribution is 0.0997. The van der Waals surface area contributed by atoms with Crippen LogP contribution in [0.25, 0.3) is 10.2 Å². The zero-order valence-electron chi connectivity index (χ0n) is 15.3. The predicted octanol–water partition coefficient (Wildman–Crippen LogP) is 4.65. The monoisotopic (exact) mass is 366 g/mol. The van der Waals surface area contributed by atoms with Crippen LogP contribution in [0.15, 0.2) is 54.0 Å². The number of nitrogens with zero attached hydrogens (tertiary/aromatic N) is 2. The van der Waals surface area contributed by atoms with Gasteiger partial charge in [0.25, 0.3) is 5.91 Å². The number of ether oxygens (including phenoxy) is 1. The van der Waals surface area contributed by atoms with E-state index in [1.54, 1.807) is 6.08 Å². The van der Waals surface area contributed by atoms with Crippen LogP contribution in [-0.2, 0) is 6.54 Å². The zero-order chi connectivity index (χ0) is 18.7. The number of benzene rings is 2. The van der Waals surface area contributed by atoms with E-state index in [2.05, 4.69) is 11.6 Å². The maximum Gasteiger partial charge on any atom is 0.279 e. The molecular formula is C21H22N2O2S. The summed E-state index contributed by atoms with van der Waals surface area (Å²) in [5, 5.41) is 0. The summed E-state index contributed by atoms with van der Waals surface area (Å²) in [4.78, 5) is 17.8. The lowest BCUT2D eigenvalue weighted by atomic mass is 10.1. The van der Waals surface area contributed by atoms with Gasteiger partial charge in [-0.1, -0.05) is 41.2 Å². The highest BCUT2D eigenvalue weighted by Crippen LogP contribution is 2.27. The van der Waals surface area contributed by atoms with E-state index in [-0.39, 0.29) is 5.91 Å². The van der Waals surface area contributed by atoms with Crippen LogP contribution in [0.2, 0.25) is 0 Å². The van der Waals surface area contributed by atoms with Gasteiger partial charge in [-0.3, -0.25) is 4.79 Å². The first-order chi connectivity index (χ1) is 12.5. The molecule has 0 radical (unpaired) electrons. The fourth-order valence-electron chi connectivity index (χ4n) is 2.95. The molecule has 0 aliphatic carbocycles. The number of aromatic nitrogens is 1. The van der Waals surface area contributed by atoms with Gasteiger partial charge in [-0.15, -0.1) is 6.58 Å². The topological polar surface area (TPSA) is 43.6 Å². The number of hydrogen-bond donors (Lipinski definition) is 0. The SMILES string of the molecule is C=CCn1c(=NC(=O)c2ccc(C)cc2C)sc2cccc(OCC)c21. The quantitative estimate of drug-likeness (QED) is 0.617. The highest BCUT2D eigenvalue weighted by molar-refractivity contribution is 7.16. The fraction of sp³-hybridized carbons (Fsp3) is 0.238. The Kier molecular flexibility index (Phi) is 5.38. The normalized spacial score (nSPS) is 11.7. The summed E-state index contributed by atoms with van der Waals surface area (Å²) < 4.78 is 8.78. The molecule has 0 fully saturated rings. The predicted molar refractivity (Wildman–Crippen MR) is 107 cm³/mol. The van der Waals surface area contributed by atoms with Crippen molar-refractivity contribution in [3.8, 4) is 5.75 Å². The minimum absolute atomic E-state index is 0.232. The second kappa shape index (κ2) is 7.70. The number of amides is 1. The molecule has 26 heavy (non-hydrogen) atoms. The molecular weight excluding hydrogens is 344 g/mol. The summed E-state index contributed by atoms with van der Waals surface area (Å²) in [6, 6.07) is 11.7. The molecule has 3 rings (SSSR count). The van der Waals surface area contributed by atoms with Crippen molar-refractivity contribution in [2.24, 2.45) is 4.99 Å². The highest BCUT2D eigenvalue weighted by atomic mass is 32.1. The molecule has 134 valence electrons. The lowest BCUT2D eigenvalue weighted by Gasteiger charge is -2.08. The van der Waals surface area contributed by atoms with Gasteiger partial charge in [0.2, 0.25) is 0 Å². The summed E-state index contributed by atoms with van der Waals surface area (Å²) in [6.45, 7) is 10.9. The van der Waals surface area contributed by atoms with Gasteiger partial charge in [0.05, 0.1) is 11.3 Å². The molecule has 0 saturated carbocycles. The van der Waals surface area contributed by atoms with Crippen molar-refractivity contribution < 1.29 is 9.53 Å². The average molecular weight is 366 g/mol. The number of allylic oxidation sites excluding steroid dienone is 1. The summed E-state index contributed by atoms with van der Waals surface area (Å²) in [6.07, 6.45) is 1.80. The Labute approximate surface area is 157 Å². The van der Waals surface area contributed by atoms with Crippen LogP contribution in [0.3, 0.4) is 0 Å². The molecule has 1 amide bonds. The first kappa shape index (κ1) is 18.1. The number of hydrogen-bond acceptors (Lipinski definition) is 3. The smallest absolute Gasteiger partial charge is 0.279 e. The van der Waals surface area contributed by atoms with E-state index in [0.717, 1.165) is 27.1 Å². The molecule has 5 heteroatoms. The van der Waals surface area contributed by atoms with Gasteiger partial charge in [-0.25, -0.2) is 0 Å². The Morgan fingerprint density at radius 2 is 2.12 bits per heavy atom. The number of fused-ring (bicyclic) bond motifs is 1. The number of carbonyl (C=O) groups is 1. The maximum absolute atomic E-state index is 12.8. The van der Waals surface area contributed by atoms with Crippen molar-refractivity contribution in [2.75, 3.05) is 6.61 Å². The Bertz CT molecular complexity index is 1040. The van der Waals surface area contributed by atoms with Crippen molar-refractivity contribution in [3.05, 3.63) is 70.5 Å².